The van der Waals surface area contributed by atoms with E-state index >= 15 is 0 Å². The molecule has 0 spiro atoms. The van der Waals surface area contributed by atoms with E-state index in [4.69, 9.17) is 0 Å². The summed E-state index contributed by atoms with van der Waals surface area (Å²) in [4.78, 5) is 13.0. The van der Waals surface area contributed by atoms with Gasteiger partial charge in [-0.05, 0) is 43.5 Å². The smallest absolute Gasteiger partial charge is 0.150 e. The molecule has 0 aliphatic heterocycles. The second-order valence-corrected chi connectivity index (χ2v) is 5.19. The van der Waals surface area contributed by atoms with E-state index < -0.39 is 0 Å². The summed E-state index contributed by atoms with van der Waals surface area (Å²) in [5.74, 6) is 0. The standard InChI is InChI=1S/C15H21NO2/c1-11-9-13(8-7-12(11)10-17)16(2)14-5-3-4-6-15(14)18/h7-10,14-15,18H,3-6H2,1-2H3. The molecule has 0 heterocycles. The number of aliphatic hydroxyl groups is 1. The van der Waals surface area contributed by atoms with Gasteiger partial charge in [0, 0.05) is 18.3 Å². The number of aliphatic hydroxyl groups excluding tert-OH is 1. The van der Waals surface area contributed by atoms with Crippen molar-refractivity contribution in [1.29, 1.82) is 0 Å². The third-order valence-electron chi connectivity index (χ3n) is 3.98. The molecule has 2 rings (SSSR count). The number of rotatable bonds is 3. The molecule has 0 saturated heterocycles. The van der Waals surface area contributed by atoms with Gasteiger partial charge in [-0.3, -0.25) is 4.79 Å². The summed E-state index contributed by atoms with van der Waals surface area (Å²) in [7, 11) is 2.02. The van der Waals surface area contributed by atoms with Crippen molar-refractivity contribution in [1.82, 2.24) is 0 Å². The van der Waals surface area contributed by atoms with E-state index in [1.807, 2.05) is 32.2 Å². The molecule has 18 heavy (non-hydrogen) atoms. The van der Waals surface area contributed by atoms with Crippen LogP contribution in [0.15, 0.2) is 18.2 Å². The maximum absolute atomic E-state index is 10.8. The highest BCUT2D eigenvalue weighted by atomic mass is 16.3. The molecule has 2 atom stereocenters. The van der Waals surface area contributed by atoms with Gasteiger partial charge in [0.1, 0.15) is 6.29 Å². The van der Waals surface area contributed by atoms with Gasteiger partial charge in [-0.25, -0.2) is 0 Å². The third-order valence-corrected chi connectivity index (χ3v) is 3.98. The zero-order chi connectivity index (χ0) is 13.1. The molecule has 98 valence electrons. The Balaban J connectivity index is 2.19. The molecule has 3 nitrogen and oxygen atoms in total. The molecule has 1 aliphatic carbocycles. The van der Waals surface area contributed by atoms with Crippen molar-refractivity contribution in [3.63, 3.8) is 0 Å². The Kier molecular flexibility index (Phi) is 4.02. The predicted molar refractivity (Wildman–Crippen MR) is 73.2 cm³/mol. The second-order valence-electron chi connectivity index (χ2n) is 5.19. The van der Waals surface area contributed by atoms with E-state index in [0.29, 0.717) is 0 Å². The molecule has 0 radical (unpaired) electrons. The van der Waals surface area contributed by atoms with Crippen LogP contribution in [0, 0.1) is 6.92 Å². The van der Waals surface area contributed by atoms with Gasteiger partial charge in [0.2, 0.25) is 0 Å². The third kappa shape index (κ3) is 2.56. The number of benzene rings is 1. The maximum atomic E-state index is 10.8. The Bertz CT molecular complexity index is 431. The number of aryl methyl sites for hydroxylation is 1. The normalized spacial score (nSPS) is 23.7. The molecule has 1 N–H and O–H groups in total. The Morgan fingerprint density at radius 1 is 1.33 bits per heavy atom. The van der Waals surface area contributed by atoms with Gasteiger partial charge in [-0.15, -0.1) is 0 Å². The monoisotopic (exact) mass is 247 g/mol. The van der Waals surface area contributed by atoms with Crippen LogP contribution in [-0.4, -0.2) is 30.6 Å². The van der Waals surface area contributed by atoms with Crippen LogP contribution in [0.3, 0.4) is 0 Å². The highest BCUT2D eigenvalue weighted by Gasteiger charge is 2.26. The van der Waals surface area contributed by atoms with Crippen molar-refractivity contribution >= 4 is 12.0 Å². The molecule has 1 fully saturated rings. The van der Waals surface area contributed by atoms with Crippen molar-refractivity contribution in [2.24, 2.45) is 0 Å². The summed E-state index contributed by atoms with van der Waals surface area (Å²) >= 11 is 0. The number of carbonyl (C=O) groups is 1. The summed E-state index contributed by atoms with van der Waals surface area (Å²) in [6.07, 6.45) is 4.86. The van der Waals surface area contributed by atoms with Crippen LogP contribution in [0.25, 0.3) is 0 Å². The van der Waals surface area contributed by atoms with Gasteiger partial charge < -0.3 is 10.0 Å². The number of nitrogens with zero attached hydrogens (tertiary/aromatic N) is 1. The topological polar surface area (TPSA) is 40.5 Å². The van der Waals surface area contributed by atoms with Crippen LogP contribution in [0.2, 0.25) is 0 Å². The lowest BCUT2D eigenvalue weighted by atomic mass is 9.91. The predicted octanol–water partition coefficient (Wildman–Crippen LogP) is 2.55. The fourth-order valence-electron chi connectivity index (χ4n) is 2.75. The minimum Gasteiger partial charge on any atom is -0.391 e. The second kappa shape index (κ2) is 5.53. The maximum Gasteiger partial charge on any atom is 0.150 e. The average Bonchev–Trinajstić information content (AvgIpc) is 2.38. The lowest BCUT2D eigenvalue weighted by Crippen LogP contribution is -2.43. The molecule has 0 bridgehead atoms. The quantitative estimate of drug-likeness (QED) is 0.834. The molecule has 1 aliphatic rings. The number of hydrogen-bond donors (Lipinski definition) is 1. The van der Waals surface area contributed by atoms with E-state index in [2.05, 4.69) is 4.90 Å². The van der Waals surface area contributed by atoms with E-state index in [1.165, 1.54) is 6.42 Å². The van der Waals surface area contributed by atoms with Crippen LogP contribution in [0.1, 0.15) is 41.6 Å². The van der Waals surface area contributed by atoms with Gasteiger partial charge in [-0.1, -0.05) is 12.8 Å². The van der Waals surface area contributed by atoms with E-state index in [-0.39, 0.29) is 12.1 Å². The summed E-state index contributed by atoms with van der Waals surface area (Å²) in [5.41, 5.74) is 2.79. The summed E-state index contributed by atoms with van der Waals surface area (Å²) in [6.45, 7) is 1.94. The lowest BCUT2D eigenvalue weighted by Gasteiger charge is -2.36. The van der Waals surface area contributed by atoms with Crippen molar-refractivity contribution in [2.75, 3.05) is 11.9 Å². The fraction of sp³-hybridized carbons (Fsp3) is 0.533. The molecule has 3 heteroatoms. The van der Waals surface area contributed by atoms with Gasteiger partial charge in [0.15, 0.2) is 0 Å². The van der Waals surface area contributed by atoms with Crippen LogP contribution in [0.4, 0.5) is 5.69 Å². The lowest BCUT2D eigenvalue weighted by molar-refractivity contribution is 0.106. The molecule has 1 aromatic carbocycles. The van der Waals surface area contributed by atoms with Crippen LogP contribution in [-0.2, 0) is 0 Å². The van der Waals surface area contributed by atoms with Gasteiger partial charge >= 0.3 is 0 Å². The summed E-state index contributed by atoms with van der Waals surface area (Å²) < 4.78 is 0. The highest BCUT2D eigenvalue weighted by Crippen LogP contribution is 2.27. The minimum absolute atomic E-state index is 0.195. The number of anilines is 1. The summed E-state index contributed by atoms with van der Waals surface area (Å²) in [5, 5.41) is 10.1. The number of likely N-dealkylation sites (N-methyl/N-ethyl adjacent to an activating group) is 1. The molecular formula is C15H21NO2. The SMILES string of the molecule is Cc1cc(N(C)C2CCCCC2O)ccc1C=O. The van der Waals surface area contributed by atoms with E-state index in [9.17, 15) is 9.90 Å². The van der Waals surface area contributed by atoms with E-state index in [1.54, 1.807) is 0 Å². The number of aldehydes is 1. The van der Waals surface area contributed by atoms with Crippen LogP contribution < -0.4 is 4.90 Å². The van der Waals surface area contributed by atoms with Crippen LogP contribution in [0.5, 0.6) is 0 Å². The first-order valence-corrected chi connectivity index (χ1v) is 6.60. The zero-order valence-electron chi connectivity index (χ0n) is 11.1. The zero-order valence-corrected chi connectivity index (χ0v) is 11.1. The van der Waals surface area contributed by atoms with E-state index in [0.717, 1.165) is 42.4 Å². The summed E-state index contributed by atoms with van der Waals surface area (Å²) in [6, 6.07) is 6.02. The molecule has 0 amide bonds. The molecule has 1 saturated carbocycles. The van der Waals surface area contributed by atoms with Gasteiger partial charge in [0.05, 0.1) is 12.1 Å². The largest absolute Gasteiger partial charge is 0.391 e. The molecule has 2 unspecified atom stereocenters. The highest BCUT2D eigenvalue weighted by molar-refractivity contribution is 5.78. The average molecular weight is 247 g/mol. The van der Waals surface area contributed by atoms with Crippen LogP contribution >= 0.6 is 0 Å². The Morgan fingerprint density at radius 3 is 2.67 bits per heavy atom. The first kappa shape index (κ1) is 13.1. The molecule has 1 aromatic rings. The van der Waals surface area contributed by atoms with Gasteiger partial charge in [-0.2, -0.15) is 0 Å². The Hall–Kier alpha value is -1.35. The van der Waals surface area contributed by atoms with Crippen molar-refractivity contribution in [3.8, 4) is 0 Å². The van der Waals surface area contributed by atoms with Crippen molar-refractivity contribution in [2.45, 2.75) is 44.8 Å². The first-order valence-electron chi connectivity index (χ1n) is 6.60. The Morgan fingerprint density at radius 2 is 2.06 bits per heavy atom. The molecular weight excluding hydrogens is 226 g/mol. The Labute approximate surface area is 108 Å². The molecule has 0 aromatic heterocycles. The van der Waals surface area contributed by atoms with Crippen molar-refractivity contribution in [3.05, 3.63) is 29.3 Å². The fourth-order valence-corrected chi connectivity index (χ4v) is 2.75. The first-order chi connectivity index (χ1) is 8.63. The minimum atomic E-state index is -0.241. The van der Waals surface area contributed by atoms with Crippen molar-refractivity contribution < 1.29 is 9.90 Å². The number of hydrogen-bond acceptors (Lipinski definition) is 3. The van der Waals surface area contributed by atoms with Gasteiger partial charge in [0.25, 0.3) is 0 Å². The number of carbonyl (C=O) groups excluding carboxylic acids is 1.